The maximum atomic E-state index is 13.5. The van der Waals surface area contributed by atoms with Gasteiger partial charge in [0.15, 0.2) is 0 Å². The summed E-state index contributed by atoms with van der Waals surface area (Å²) in [6.07, 6.45) is 2.65. The lowest BCUT2D eigenvalue weighted by Crippen LogP contribution is -2.33. The average molecular weight is 156 g/mol. The zero-order valence-corrected chi connectivity index (χ0v) is 7.65. The minimum absolute atomic E-state index is 0.00231. The summed E-state index contributed by atoms with van der Waals surface area (Å²) >= 11 is 0. The Kier molecular flexibility index (Phi) is 1.24. The summed E-state index contributed by atoms with van der Waals surface area (Å²) in [5.74, 6) is 0.655. The van der Waals surface area contributed by atoms with Crippen molar-refractivity contribution in [2.45, 2.75) is 46.2 Å². The number of hydrogen-bond donors (Lipinski definition) is 0. The minimum atomic E-state index is -0.531. The predicted octanol–water partition coefficient (Wildman–Crippen LogP) is 3.17. The number of rotatable bonds is 0. The van der Waals surface area contributed by atoms with Gasteiger partial charge in [0, 0.05) is 5.41 Å². The molecule has 2 rings (SSSR count). The Morgan fingerprint density at radius 3 is 2.09 bits per heavy atom. The number of halogens is 1. The molecule has 0 heterocycles. The molecule has 2 fully saturated rings. The summed E-state index contributed by atoms with van der Waals surface area (Å²) in [4.78, 5) is 0. The third-order valence-corrected chi connectivity index (χ3v) is 4.69. The van der Waals surface area contributed by atoms with Crippen LogP contribution in [0.15, 0.2) is 0 Å². The lowest BCUT2D eigenvalue weighted by molar-refractivity contribution is 0.0737. The quantitative estimate of drug-likeness (QED) is 0.505. The Hall–Kier alpha value is -0.0700. The molecular formula is C10H17F. The van der Waals surface area contributed by atoms with Crippen LogP contribution in [0.4, 0.5) is 4.39 Å². The molecule has 0 radical (unpaired) electrons. The van der Waals surface area contributed by atoms with Gasteiger partial charge in [-0.15, -0.1) is 0 Å². The first-order valence-corrected chi connectivity index (χ1v) is 4.62. The van der Waals surface area contributed by atoms with Gasteiger partial charge in [0.2, 0.25) is 0 Å². The van der Waals surface area contributed by atoms with Crippen molar-refractivity contribution >= 4 is 0 Å². The highest BCUT2D eigenvalue weighted by Crippen LogP contribution is 2.66. The summed E-state index contributed by atoms with van der Waals surface area (Å²) in [5, 5.41) is 0. The fourth-order valence-corrected chi connectivity index (χ4v) is 3.11. The third kappa shape index (κ3) is 0.653. The molecule has 0 spiro atoms. The molecule has 0 aromatic heterocycles. The molecule has 1 unspecified atom stereocenters. The maximum Gasteiger partial charge on any atom is 0.106 e. The van der Waals surface area contributed by atoms with Crippen molar-refractivity contribution in [3.05, 3.63) is 0 Å². The van der Waals surface area contributed by atoms with Crippen molar-refractivity contribution in [3.63, 3.8) is 0 Å². The van der Waals surface area contributed by atoms with E-state index in [2.05, 4.69) is 20.8 Å². The standard InChI is InChI=1S/C10H17F/c1-9(2)7-4-5-10(9,3)8(11)6-7/h7-8H,4-6H2,1-3H3/t7-,8?,10-/m1/s1. The van der Waals surface area contributed by atoms with Gasteiger partial charge in [-0.2, -0.15) is 0 Å². The molecule has 0 aliphatic heterocycles. The molecule has 0 amide bonds. The summed E-state index contributed by atoms with van der Waals surface area (Å²) in [6, 6.07) is 0. The number of fused-ring (bicyclic) bond motifs is 2. The van der Waals surface area contributed by atoms with Crippen LogP contribution < -0.4 is 0 Å². The molecule has 2 aliphatic rings. The molecule has 0 aromatic rings. The molecule has 0 nitrogen and oxygen atoms in total. The van der Waals surface area contributed by atoms with Crippen LogP contribution in [0.1, 0.15) is 40.0 Å². The second kappa shape index (κ2) is 1.81. The van der Waals surface area contributed by atoms with E-state index < -0.39 is 6.17 Å². The van der Waals surface area contributed by atoms with Gasteiger partial charge in [-0.3, -0.25) is 0 Å². The van der Waals surface area contributed by atoms with Crippen LogP contribution in [0.3, 0.4) is 0 Å². The van der Waals surface area contributed by atoms with Crippen LogP contribution in [0.2, 0.25) is 0 Å². The van der Waals surface area contributed by atoms with Crippen LogP contribution in [0.25, 0.3) is 0 Å². The maximum absolute atomic E-state index is 13.5. The predicted molar refractivity (Wildman–Crippen MR) is 44.1 cm³/mol. The van der Waals surface area contributed by atoms with E-state index in [1.54, 1.807) is 0 Å². The lowest BCUT2D eigenvalue weighted by atomic mass is 9.70. The summed E-state index contributed by atoms with van der Waals surface area (Å²) < 4.78 is 13.5. The molecule has 0 saturated heterocycles. The Morgan fingerprint density at radius 1 is 1.27 bits per heavy atom. The Morgan fingerprint density at radius 2 is 1.91 bits per heavy atom. The summed E-state index contributed by atoms with van der Waals surface area (Å²) in [6.45, 7) is 6.61. The average Bonchev–Trinajstić information content (AvgIpc) is 2.20. The summed E-state index contributed by atoms with van der Waals surface area (Å²) in [5.41, 5.74) is 0.254. The van der Waals surface area contributed by atoms with E-state index in [0.717, 1.165) is 12.8 Å². The second-order valence-corrected chi connectivity index (χ2v) is 5.08. The van der Waals surface area contributed by atoms with Crippen LogP contribution in [-0.4, -0.2) is 6.17 Å². The first kappa shape index (κ1) is 7.57. The number of alkyl halides is 1. The van der Waals surface area contributed by atoms with E-state index in [-0.39, 0.29) is 10.8 Å². The van der Waals surface area contributed by atoms with Crippen molar-refractivity contribution in [1.82, 2.24) is 0 Å². The smallest absolute Gasteiger partial charge is 0.106 e. The van der Waals surface area contributed by atoms with E-state index in [0.29, 0.717) is 5.92 Å². The van der Waals surface area contributed by atoms with E-state index in [9.17, 15) is 4.39 Å². The molecule has 0 aromatic carbocycles. The highest BCUT2D eigenvalue weighted by Gasteiger charge is 2.61. The minimum Gasteiger partial charge on any atom is -0.247 e. The zero-order chi connectivity index (χ0) is 8.28. The first-order valence-electron chi connectivity index (χ1n) is 4.62. The highest BCUT2D eigenvalue weighted by molar-refractivity contribution is 5.10. The monoisotopic (exact) mass is 156 g/mol. The van der Waals surface area contributed by atoms with Crippen molar-refractivity contribution in [2.75, 3.05) is 0 Å². The van der Waals surface area contributed by atoms with Crippen molar-refractivity contribution in [1.29, 1.82) is 0 Å². The number of hydrogen-bond acceptors (Lipinski definition) is 0. The second-order valence-electron chi connectivity index (χ2n) is 5.08. The highest BCUT2D eigenvalue weighted by atomic mass is 19.1. The largest absolute Gasteiger partial charge is 0.247 e. The molecule has 3 atom stereocenters. The fraction of sp³-hybridized carbons (Fsp3) is 1.00. The SMILES string of the molecule is CC1(C)[C@@H]2CC[C@]1(C)C(F)C2. The summed E-state index contributed by atoms with van der Waals surface area (Å²) in [7, 11) is 0. The Bertz CT molecular complexity index is 185. The first-order chi connectivity index (χ1) is 4.98. The molecular weight excluding hydrogens is 139 g/mol. The van der Waals surface area contributed by atoms with Crippen LogP contribution in [0, 0.1) is 16.7 Å². The van der Waals surface area contributed by atoms with Gasteiger partial charge in [-0.05, 0) is 30.6 Å². The van der Waals surface area contributed by atoms with Crippen molar-refractivity contribution < 1.29 is 4.39 Å². The Labute approximate surface area is 68.2 Å². The van der Waals surface area contributed by atoms with Gasteiger partial charge < -0.3 is 0 Å². The van der Waals surface area contributed by atoms with Gasteiger partial charge in [-0.1, -0.05) is 20.8 Å². The normalized spacial score (nSPS) is 53.5. The Balaban J connectivity index is 2.40. The van der Waals surface area contributed by atoms with Crippen LogP contribution >= 0.6 is 0 Å². The van der Waals surface area contributed by atoms with E-state index in [1.165, 1.54) is 6.42 Å². The molecule has 2 saturated carbocycles. The molecule has 64 valence electrons. The van der Waals surface area contributed by atoms with E-state index >= 15 is 0 Å². The van der Waals surface area contributed by atoms with Crippen LogP contribution in [0.5, 0.6) is 0 Å². The molecule has 11 heavy (non-hydrogen) atoms. The van der Waals surface area contributed by atoms with E-state index in [1.807, 2.05) is 0 Å². The van der Waals surface area contributed by atoms with Gasteiger partial charge >= 0.3 is 0 Å². The molecule has 2 aliphatic carbocycles. The van der Waals surface area contributed by atoms with Crippen molar-refractivity contribution in [3.8, 4) is 0 Å². The topological polar surface area (TPSA) is 0 Å². The van der Waals surface area contributed by atoms with Gasteiger partial charge in [-0.25, -0.2) is 4.39 Å². The zero-order valence-electron chi connectivity index (χ0n) is 7.65. The molecule has 2 bridgehead atoms. The lowest BCUT2D eigenvalue weighted by Gasteiger charge is -2.35. The van der Waals surface area contributed by atoms with E-state index in [4.69, 9.17) is 0 Å². The van der Waals surface area contributed by atoms with Gasteiger partial charge in [0.25, 0.3) is 0 Å². The van der Waals surface area contributed by atoms with Crippen LogP contribution in [-0.2, 0) is 0 Å². The van der Waals surface area contributed by atoms with Gasteiger partial charge in [0.05, 0.1) is 0 Å². The third-order valence-electron chi connectivity index (χ3n) is 4.69. The van der Waals surface area contributed by atoms with Gasteiger partial charge in [0.1, 0.15) is 6.17 Å². The van der Waals surface area contributed by atoms with Crippen molar-refractivity contribution in [2.24, 2.45) is 16.7 Å². The molecule has 0 N–H and O–H groups in total. The molecule has 1 heteroatoms. The fourth-order valence-electron chi connectivity index (χ4n) is 3.11.